The van der Waals surface area contributed by atoms with Gasteiger partial charge in [0.1, 0.15) is 0 Å². The Morgan fingerprint density at radius 3 is 2.00 bits per heavy atom. The summed E-state index contributed by atoms with van der Waals surface area (Å²) in [6, 6.07) is 6.75. The molecule has 0 heterocycles. The molecule has 4 N–H and O–H groups in total. The molecule has 0 atom stereocenters. The number of aryl methyl sites for hydroxylation is 1. The van der Waals surface area contributed by atoms with Crippen LogP contribution in [0.25, 0.3) is 0 Å². The van der Waals surface area contributed by atoms with Crippen LogP contribution in [0.2, 0.25) is 0 Å². The van der Waals surface area contributed by atoms with Gasteiger partial charge in [0.2, 0.25) is 10.0 Å². The van der Waals surface area contributed by atoms with E-state index in [-0.39, 0.29) is 4.90 Å². The molecule has 0 aliphatic rings. The highest BCUT2D eigenvalue weighted by atomic mass is 32.2. The first-order valence-electron chi connectivity index (χ1n) is 5.28. The van der Waals surface area contributed by atoms with Gasteiger partial charge in [0.25, 0.3) is 0 Å². The van der Waals surface area contributed by atoms with Crippen molar-refractivity contribution in [2.75, 3.05) is 6.54 Å². The summed E-state index contributed by atoms with van der Waals surface area (Å²) in [6.07, 6.45) is 1.77. The van der Waals surface area contributed by atoms with E-state index in [4.69, 9.17) is 10.9 Å². The van der Waals surface area contributed by atoms with Gasteiger partial charge in [0.05, 0.1) is 4.90 Å². The monoisotopic (exact) mass is 244 g/mol. The van der Waals surface area contributed by atoms with Crippen molar-refractivity contribution in [3.63, 3.8) is 0 Å². The average Bonchev–Trinajstić information content (AvgIpc) is 2.28. The quantitative estimate of drug-likeness (QED) is 0.839. The SMILES string of the molecule is CCCN.CCc1ccccc1S(N)(=O)=O. The largest absolute Gasteiger partial charge is 0.330 e. The third kappa shape index (κ3) is 5.25. The van der Waals surface area contributed by atoms with E-state index in [1.807, 2.05) is 6.92 Å². The Kier molecular flexibility index (Phi) is 6.96. The van der Waals surface area contributed by atoms with Crippen molar-refractivity contribution in [1.82, 2.24) is 0 Å². The molecule has 1 rings (SSSR count). The van der Waals surface area contributed by atoms with Crippen LogP contribution in [0.5, 0.6) is 0 Å². The van der Waals surface area contributed by atoms with Gasteiger partial charge in [0.15, 0.2) is 0 Å². The molecule has 1 aromatic carbocycles. The van der Waals surface area contributed by atoms with E-state index in [1.165, 1.54) is 6.07 Å². The first-order chi connectivity index (χ1) is 7.47. The topological polar surface area (TPSA) is 86.2 Å². The molecule has 0 radical (unpaired) electrons. The van der Waals surface area contributed by atoms with Crippen molar-refractivity contribution in [2.45, 2.75) is 31.6 Å². The summed E-state index contributed by atoms with van der Waals surface area (Å²) >= 11 is 0. The van der Waals surface area contributed by atoms with Gasteiger partial charge in [-0.15, -0.1) is 0 Å². The molecule has 0 bridgehead atoms. The number of benzene rings is 1. The molecule has 4 nitrogen and oxygen atoms in total. The van der Waals surface area contributed by atoms with Crippen LogP contribution < -0.4 is 10.9 Å². The van der Waals surface area contributed by atoms with Crippen molar-refractivity contribution in [1.29, 1.82) is 0 Å². The first-order valence-corrected chi connectivity index (χ1v) is 6.82. The molecular formula is C11H20N2O2S. The maximum absolute atomic E-state index is 11.0. The third-order valence-corrected chi connectivity index (χ3v) is 2.96. The van der Waals surface area contributed by atoms with Crippen molar-refractivity contribution in [2.24, 2.45) is 10.9 Å². The molecule has 0 fully saturated rings. The normalized spacial score (nSPS) is 10.5. The molecule has 5 heteroatoms. The molecule has 0 aromatic heterocycles. The Morgan fingerprint density at radius 2 is 1.69 bits per heavy atom. The van der Waals surface area contributed by atoms with Crippen molar-refractivity contribution in [3.8, 4) is 0 Å². The summed E-state index contributed by atoms with van der Waals surface area (Å²) in [7, 11) is -3.55. The fourth-order valence-corrected chi connectivity index (χ4v) is 1.92. The molecule has 0 saturated heterocycles. The maximum Gasteiger partial charge on any atom is 0.238 e. The Hall–Kier alpha value is -0.910. The van der Waals surface area contributed by atoms with E-state index in [1.54, 1.807) is 18.2 Å². The van der Waals surface area contributed by atoms with Crippen LogP contribution >= 0.6 is 0 Å². The van der Waals surface area contributed by atoms with Gasteiger partial charge >= 0.3 is 0 Å². The minimum absolute atomic E-state index is 0.229. The van der Waals surface area contributed by atoms with E-state index in [0.717, 1.165) is 18.5 Å². The molecule has 1 aromatic rings. The Labute approximate surface area is 97.7 Å². The Morgan fingerprint density at radius 1 is 1.19 bits per heavy atom. The predicted molar refractivity (Wildman–Crippen MR) is 66.5 cm³/mol. The highest BCUT2D eigenvalue weighted by Crippen LogP contribution is 2.13. The second kappa shape index (κ2) is 7.38. The second-order valence-corrected chi connectivity index (χ2v) is 4.82. The van der Waals surface area contributed by atoms with E-state index >= 15 is 0 Å². The van der Waals surface area contributed by atoms with E-state index in [2.05, 4.69) is 6.92 Å². The molecule has 0 spiro atoms. The number of sulfonamides is 1. The van der Waals surface area contributed by atoms with Crippen LogP contribution in [0.1, 0.15) is 25.8 Å². The average molecular weight is 244 g/mol. The lowest BCUT2D eigenvalue weighted by Gasteiger charge is -2.03. The van der Waals surface area contributed by atoms with Crippen LogP contribution in [-0.4, -0.2) is 15.0 Å². The summed E-state index contributed by atoms with van der Waals surface area (Å²) in [5.41, 5.74) is 5.79. The van der Waals surface area contributed by atoms with Gasteiger partial charge in [-0.05, 0) is 31.0 Å². The summed E-state index contributed by atoms with van der Waals surface area (Å²) in [4.78, 5) is 0.229. The zero-order valence-electron chi connectivity index (χ0n) is 9.81. The standard InChI is InChI=1S/C8H11NO2S.C3H9N/c1-2-7-5-3-4-6-8(7)12(9,10)11;1-2-3-4/h3-6H,2H2,1H3,(H2,9,10,11);2-4H2,1H3. The highest BCUT2D eigenvalue weighted by molar-refractivity contribution is 7.89. The molecule has 92 valence electrons. The molecule has 0 amide bonds. The molecular weight excluding hydrogens is 224 g/mol. The fourth-order valence-electron chi connectivity index (χ4n) is 1.07. The summed E-state index contributed by atoms with van der Waals surface area (Å²) < 4.78 is 22.0. The van der Waals surface area contributed by atoms with Gasteiger partial charge in [-0.1, -0.05) is 32.0 Å². The summed E-state index contributed by atoms with van der Waals surface area (Å²) in [5, 5.41) is 5.01. The maximum atomic E-state index is 11.0. The second-order valence-electron chi connectivity index (χ2n) is 3.29. The number of rotatable bonds is 3. The summed E-state index contributed by atoms with van der Waals surface area (Å²) in [5.74, 6) is 0. The Balaban J connectivity index is 0.000000487. The molecule has 0 unspecified atom stereocenters. The van der Waals surface area contributed by atoms with E-state index < -0.39 is 10.0 Å². The molecule has 0 aliphatic carbocycles. The minimum atomic E-state index is -3.55. The first kappa shape index (κ1) is 15.1. The Bertz CT molecular complexity index is 400. The van der Waals surface area contributed by atoms with Crippen molar-refractivity contribution in [3.05, 3.63) is 29.8 Å². The van der Waals surface area contributed by atoms with Crippen LogP contribution in [0.4, 0.5) is 0 Å². The van der Waals surface area contributed by atoms with Crippen molar-refractivity contribution >= 4 is 10.0 Å². The molecule has 16 heavy (non-hydrogen) atoms. The predicted octanol–water partition coefficient (Wildman–Crippen LogP) is 1.25. The number of primary sulfonamides is 1. The molecule has 0 aliphatic heterocycles. The zero-order chi connectivity index (χ0) is 12.6. The number of hydrogen-bond acceptors (Lipinski definition) is 3. The highest BCUT2D eigenvalue weighted by Gasteiger charge is 2.10. The lowest BCUT2D eigenvalue weighted by atomic mass is 10.2. The number of nitrogens with two attached hydrogens (primary N) is 2. The van der Waals surface area contributed by atoms with Crippen LogP contribution in [-0.2, 0) is 16.4 Å². The number of hydrogen-bond donors (Lipinski definition) is 2. The van der Waals surface area contributed by atoms with Crippen LogP contribution in [0, 0.1) is 0 Å². The van der Waals surface area contributed by atoms with Crippen LogP contribution in [0.15, 0.2) is 29.2 Å². The zero-order valence-corrected chi connectivity index (χ0v) is 10.6. The minimum Gasteiger partial charge on any atom is -0.330 e. The van der Waals surface area contributed by atoms with Gasteiger partial charge in [0, 0.05) is 0 Å². The fraction of sp³-hybridized carbons (Fsp3) is 0.455. The van der Waals surface area contributed by atoms with Gasteiger partial charge in [-0.2, -0.15) is 0 Å². The lowest BCUT2D eigenvalue weighted by Crippen LogP contribution is -2.14. The van der Waals surface area contributed by atoms with Gasteiger partial charge in [-0.3, -0.25) is 0 Å². The smallest absolute Gasteiger partial charge is 0.238 e. The summed E-state index contributed by atoms with van der Waals surface area (Å²) in [6.45, 7) is 4.77. The van der Waals surface area contributed by atoms with Crippen molar-refractivity contribution < 1.29 is 8.42 Å². The van der Waals surface area contributed by atoms with Gasteiger partial charge in [-0.25, -0.2) is 13.6 Å². The lowest BCUT2D eigenvalue weighted by molar-refractivity contribution is 0.596. The van der Waals surface area contributed by atoms with E-state index in [0.29, 0.717) is 6.42 Å². The van der Waals surface area contributed by atoms with Gasteiger partial charge < -0.3 is 5.73 Å². The van der Waals surface area contributed by atoms with Crippen LogP contribution in [0.3, 0.4) is 0 Å². The molecule has 0 saturated carbocycles. The third-order valence-electron chi connectivity index (χ3n) is 1.95. The van der Waals surface area contributed by atoms with E-state index in [9.17, 15) is 8.42 Å².